The molecule has 0 radical (unpaired) electrons. The third-order valence-corrected chi connectivity index (χ3v) is 5.07. The van der Waals surface area contributed by atoms with Crippen molar-refractivity contribution in [1.29, 1.82) is 0 Å². The van der Waals surface area contributed by atoms with E-state index in [1.165, 1.54) is 24.0 Å². The fraction of sp³-hybridized carbons (Fsp3) is 0.444. The van der Waals surface area contributed by atoms with Crippen molar-refractivity contribution < 1.29 is 0 Å². The Hall–Kier alpha value is -2.14. The van der Waals surface area contributed by atoms with Crippen LogP contribution in [0.3, 0.4) is 0 Å². The van der Waals surface area contributed by atoms with Crippen molar-refractivity contribution in [2.75, 3.05) is 36.8 Å². The summed E-state index contributed by atoms with van der Waals surface area (Å²) in [5.74, 6) is 1.50. The van der Waals surface area contributed by atoms with Crippen molar-refractivity contribution in [1.82, 2.24) is 14.9 Å². The van der Waals surface area contributed by atoms with E-state index < -0.39 is 0 Å². The van der Waals surface area contributed by atoms with Crippen molar-refractivity contribution in [2.45, 2.75) is 25.3 Å². The van der Waals surface area contributed by atoms with E-state index in [0.717, 1.165) is 38.4 Å². The van der Waals surface area contributed by atoms with Crippen molar-refractivity contribution in [3.05, 3.63) is 47.8 Å². The highest BCUT2D eigenvalue weighted by Gasteiger charge is 2.28. The van der Waals surface area contributed by atoms with E-state index in [1.54, 1.807) is 6.33 Å². The first-order valence-electron chi connectivity index (χ1n) is 8.43. The predicted octanol–water partition coefficient (Wildman–Crippen LogP) is 1.74. The molecule has 0 spiro atoms. The quantitative estimate of drug-likeness (QED) is 0.916. The Morgan fingerprint density at radius 3 is 2.48 bits per heavy atom. The lowest BCUT2D eigenvalue weighted by Crippen LogP contribution is -2.39. The van der Waals surface area contributed by atoms with Gasteiger partial charge in [-0.05, 0) is 30.4 Å². The van der Waals surface area contributed by atoms with Crippen LogP contribution in [-0.4, -0.2) is 47.1 Å². The first-order chi connectivity index (χ1) is 11.3. The lowest BCUT2D eigenvalue weighted by Gasteiger charge is -2.27. The summed E-state index contributed by atoms with van der Waals surface area (Å²) in [5.41, 5.74) is 8.85. The maximum absolute atomic E-state index is 5.79. The Morgan fingerprint density at radius 1 is 0.957 bits per heavy atom. The molecule has 0 saturated carbocycles. The van der Waals surface area contributed by atoms with Crippen LogP contribution in [0.25, 0.3) is 0 Å². The summed E-state index contributed by atoms with van der Waals surface area (Å²) < 4.78 is 0. The van der Waals surface area contributed by atoms with Crippen LogP contribution in [0.5, 0.6) is 0 Å². The highest BCUT2D eigenvalue weighted by Crippen LogP contribution is 2.26. The van der Waals surface area contributed by atoms with Crippen LogP contribution in [0.2, 0.25) is 0 Å². The van der Waals surface area contributed by atoms with Gasteiger partial charge in [0.15, 0.2) is 0 Å². The average molecular weight is 309 g/mol. The minimum Gasteiger partial charge on any atom is -0.384 e. The van der Waals surface area contributed by atoms with E-state index in [9.17, 15) is 0 Å². The van der Waals surface area contributed by atoms with E-state index in [-0.39, 0.29) is 0 Å². The van der Waals surface area contributed by atoms with Gasteiger partial charge in [0.1, 0.15) is 18.0 Å². The molecule has 0 unspecified atom stereocenters. The zero-order chi connectivity index (χ0) is 15.6. The number of nitrogen functional groups attached to an aromatic ring is 1. The Labute approximate surface area is 137 Å². The first-order valence-corrected chi connectivity index (χ1v) is 8.43. The molecule has 0 amide bonds. The summed E-state index contributed by atoms with van der Waals surface area (Å²) in [6.45, 7) is 4.29. The third kappa shape index (κ3) is 3.01. The van der Waals surface area contributed by atoms with Crippen LogP contribution in [-0.2, 0) is 12.8 Å². The summed E-state index contributed by atoms with van der Waals surface area (Å²) in [4.78, 5) is 13.4. The Balaban J connectivity index is 1.42. The molecule has 0 bridgehead atoms. The van der Waals surface area contributed by atoms with E-state index >= 15 is 0 Å². The number of anilines is 2. The average Bonchev–Trinajstić information content (AvgIpc) is 2.84. The second kappa shape index (κ2) is 6.16. The molecule has 2 N–H and O–H groups in total. The van der Waals surface area contributed by atoms with Gasteiger partial charge in [-0.1, -0.05) is 24.3 Å². The third-order valence-electron chi connectivity index (χ3n) is 5.07. The number of fused-ring (bicyclic) bond motifs is 1. The normalized spacial score (nSPS) is 19.6. The lowest BCUT2D eigenvalue weighted by atomic mass is 10.1. The number of aromatic nitrogens is 2. The molecular formula is C18H23N5. The number of benzene rings is 1. The van der Waals surface area contributed by atoms with Gasteiger partial charge in [-0.15, -0.1) is 0 Å². The smallest absolute Gasteiger partial charge is 0.134 e. The molecule has 2 aliphatic rings. The van der Waals surface area contributed by atoms with E-state index in [0.29, 0.717) is 11.9 Å². The summed E-state index contributed by atoms with van der Waals surface area (Å²) in [6, 6.07) is 11.4. The Morgan fingerprint density at radius 2 is 1.74 bits per heavy atom. The molecule has 2 aromatic rings. The van der Waals surface area contributed by atoms with Crippen LogP contribution in [0, 0.1) is 0 Å². The van der Waals surface area contributed by atoms with Gasteiger partial charge in [-0.25, -0.2) is 9.97 Å². The molecule has 2 heterocycles. The molecule has 5 nitrogen and oxygen atoms in total. The van der Waals surface area contributed by atoms with Gasteiger partial charge in [-0.2, -0.15) is 0 Å². The number of rotatable bonds is 2. The summed E-state index contributed by atoms with van der Waals surface area (Å²) >= 11 is 0. The van der Waals surface area contributed by atoms with Crippen molar-refractivity contribution in [3.8, 4) is 0 Å². The molecule has 23 heavy (non-hydrogen) atoms. The lowest BCUT2D eigenvalue weighted by molar-refractivity contribution is 0.216. The molecule has 120 valence electrons. The summed E-state index contributed by atoms with van der Waals surface area (Å²) in [5, 5.41) is 0. The van der Waals surface area contributed by atoms with Gasteiger partial charge in [-0.3, -0.25) is 4.90 Å². The Bertz CT molecular complexity index is 662. The second-order valence-corrected chi connectivity index (χ2v) is 6.51. The van der Waals surface area contributed by atoms with Crippen LogP contribution in [0.15, 0.2) is 36.7 Å². The Kier molecular flexibility index (Phi) is 3.87. The van der Waals surface area contributed by atoms with Crippen LogP contribution in [0.4, 0.5) is 11.6 Å². The van der Waals surface area contributed by atoms with Crippen LogP contribution in [0.1, 0.15) is 17.5 Å². The van der Waals surface area contributed by atoms with Gasteiger partial charge >= 0.3 is 0 Å². The molecule has 1 fully saturated rings. The molecule has 1 aliphatic heterocycles. The molecule has 5 heteroatoms. The van der Waals surface area contributed by atoms with Crippen LogP contribution < -0.4 is 10.6 Å². The topological polar surface area (TPSA) is 58.3 Å². The fourth-order valence-electron chi connectivity index (χ4n) is 3.86. The summed E-state index contributed by atoms with van der Waals surface area (Å²) in [6.07, 6.45) is 5.10. The molecule has 1 saturated heterocycles. The molecule has 1 aliphatic carbocycles. The maximum Gasteiger partial charge on any atom is 0.134 e. The molecule has 1 aromatic carbocycles. The summed E-state index contributed by atoms with van der Waals surface area (Å²) in [7, 11) is 0. The fourth-order valence-corrected chi connectivity index (χ4v) is 3.86. The predicted molar refractivity (Wildman–Crippen MR) is 92.5 cm³/mol. The number of hydrogen-bond donors (Lipinski definition) is 1. The standard InChI is InChI=1S/C18H23N5/c19-17-12-18(21-13-20-17)23-7-3-6-22(8-9-23)16-10-14-4-1-2-5-15(14)11-16/h1-2,4-5,12-13,16H,3,6-11H2,(H2,19,20,21). The number of hydrogen-bond acceptors (Lipinski definition) is 5. The molecule has 0 atom stereocenters. The van der Waals surface area contributed by atoms with Gasteiger partial charge in [0, 0.05) is 38.3 Å². The monoisotopic (exact) mass is 309 g/mol. The highest BCUT2D eigenvalue weighted by atomic mass is 15.3. The van der Waals surface area contributed by atoms with Gasteiger partial charge < -0.3 is 10.6 Å². The van der Waals surface area contributed by atoms with Crippen molar-refractivity contribution in [3.63, 3.8) is 0 Å². The minimum atomic E-state index is 0.544. The zero-order valence-electron chi connectivity index (χ0n) is 13.4. The largest absolute Gasteiger partial charge is 0.384 e. The number of nitrogens with zero attached hydrogens (tertiary/aromatic N) is 4. The van der Waals surface area contributed by atoms with Gasteiger partial charge in [0.2, 0.25) is 0 Å². The van der Waals surface area contributed by atoms with E-state index in [4.69, 9.17) is 5.73 Å². The highest BCUT2D eigenvalue weighted by molar-refractivity contribution is 5.46. The van der Waals surface area contributed by atoms with Gasteiger partial charge in [0.25, 0.3) is 0 Å². The second-order valence-electron chi connectivity index (χ2n) is 6.51. The van der Waals surface area contributed by atoms with Gasteiger partial charge in [0.05, 0.1) is 0 Å². The minimum absolute atomic E-state index is 0.544. The SMILES string of the molecule is Nc1cc(N2CCCN(C3Cc4ccccc4C3)CC2)ncn1. The first kappa shape index (κ1) is 14.5. The number of nitrogens with two attached hydrogens (primary N) is 1. The molecular weight excluding hydrogens is 286 g/mol. The van der Waals surface area contributed by atoms with E-state index in [1.807, 2.05) is 6.07 Å². The van der Waals surface area contributed by atoms with Crippen molar-refractivity contribution in [2.24, 2.45) is 0 Å². The van der Waals surface area contributed by atoms with Crippen LogP contribution >= 0.6 is 0 Å². The molecule has 4 rings (SSSR count). The molecule has 1 aromatic heterocycles. The van der Waals surface area contributed by atoms with Crippen molar-refractivity contribution >= 4 is 11.6 Å². The maximum atomic E-state index is 5.79. The van der Waals surface area contributed by atoms with E-state index in [2.05, 4.69) is 44.0 Å². The zero-order valence-corrected chi connectivity index (χ0v) is 13.4.